The topological polar surface area (TPSA) is 38.1 Å². The molecule has 1 amide bonds. The highest BCUT2D eigenvalue weighted by atomic mass is 32.2. The predicted octanol–water partition coefficient (Wildman–Crippen LogP) is 4.23. The van der Waals surface area contributed by atoms with Gasteiger partial charge in [-0.25, -0.2) is 4.98 Å². The van der Waals surface area contributed by atoms with Crippen LogP contribution < -0.4 is 0 Å². The van der Waals surface area contributed by atoms with Gasteiger partial charge >= 0.3 is 0 Å². The molecule has 4 nitrogen and oxygen atoms in total. The van der Waals surface area contributed by atoms with E-state index < -0.39 is 0 Å². The van der Waals surface area contributed by atoms with Gasteiger partial charge in [0.2, 0.25) is 5.91 Å². The van der Waals surface area contributed by atoms with Gasteiger partial charge < -0.3 is 4.90 Å². The zero-order valence-electron chi connectivity index (χ0n) is 15.5. The van der Waals surface area contributed by atoms with Crippen molar-refractivity contribution in [3.63, 3.8) is 0 Å². The molecule has 2 aromatic rings. The molecule has 1 aliphatic rings. The first kappa shape index (κ1) is 18.1. The van der Waals surface area contributed by atoms with Crippen molar-refractivity contribution in [2.75, 3.05) is 13.1 Å². The SMILES string of the molecule is Cc1ccc(C)c(-n2ccnc2SC(C)C(=O)N2CCC(C)CC2)c1. The molecule has 3 rings (SSSR count). The number of benzene rings is 1. The van der Waals surface area contributed by atoms with Crippen LogP contribution >= 0.6 is 11.8 Å². The fraction of sp³-hybridized carbons (Fsp3) is 0.500. The Morgan fingerprint density at radius 3 is 2.72 bits per heavy atom. The van der Waals surface area contributed by atoms with Crippen molar-refractivity contribution in [3.8, 4) is 5.69 Å². The van der Waals surface area contributed by atoms with Gasteiger partial charge in [0.15, 0.2) is 5.16 Å². The monoisotopic (exact) mass is 357 g/mol. The number of aromatic nitrogens is 2. The zero-order chi connectivity index (χ0) is 18.0. The number of nitrogens with zero attached hydrogens (tertiary/aromatic N) is 3. The maximum atomic E-state index is 12.8. The molecule has 1 aliphatic heterocycles. The predicted molar refractivity (Wildman–Crippen MR) is 103 cm³/mol. The van der Waals surface area contributed by atoms with Crippen LogP contribution in [0.3, 0.4) is 0 Å². The maximum absolute atomic E-state index is 12.8. The van der Waals surface area contributed by atoms with E-state index in [0.29, 0.717) is 0 Å². The minimum absolute atomic E-state index is 0.125. The van der Waals surface area contributed by atoms with E-state index in [-0.39, 0.29) is 11.2 Å². The van der Waals surface area contributed by atoms with E-state index in [1.54, 1.807) is 11.8 Å². The van der Waals surface area contributed by atoms with Crippen molar-refractivity contribution >= 4 is 17.7 Å². The molecule has 0 radical (unpaired) electrons. The number of aryl methyl sites for hydroxylation is 2. The van der Waals surface area contributed by atoms with Crippen molar-refractivity contribution in [2.24, 2.45) is 5.92 Å². The lowest BCUT2D eigenvalue weighted by Gasteiger charge is -2.32. The van der Waals surface area contributed by atoms with Crippen LogP contribution in [0.4, 0.5) is 0 Å². The highest BCUT2D eigenvalue weighted by molar-refractivity contribution is 8.00. The number of imidazole rings is 1. The third-order valence-electron chi connectivity index (χ3n) is 4.96. The van der Waals surface area contributed by atoms with Crippen LogP contribution in [0.1, 0.15) is 37.8 Å². The average Bonchev–Trinajstić information content (AvgIpc) is 3.05. The van der Waals surface area contributed by atoms with Crippen LogP contribution in [0, 0.1) is 19.8 Å². The summed E-state index contributed by atoms with van der Waals surface area (Å²) in [5, 5.41) is 0.750. The summed E-state index contributed by atoms with van der Waals surface area (Å²) >= 11 is 1.55. The molecule has 2 heterocycles. The Bertz CT molecular complexity index is 747. The van der Waals surface area contributed by atoms with Crippen LogP contribution in [0.2, 0.25) is 0 Å². The zero-order valence-corrected chi connectivity index (χ0v) is 16.3. The van der Waals surface area contributed by atoms with E-state index in [0.717, 1.165) is 42.7 Å². The van der Waals surface area contributed by atoms with Crippen LogP contribution in [-0.4, -0.2) is 38.7 Å². The molecule has 0 aliphatic carbocycles. The largest absolute Gasteiger partial charge is 0.342 e. The van der Waals surface area contributed by atoms with Gasteiger partial charge in [-0.15, -0.1) is 0 Å². The van der Waals surface area contributed by atoms with E-state index >= 15 is 0 Å². The summed E-state index contributed by atoms with van der Waals surface area (Å²) in [5.74, 6) is 0.961. The summed E-state index contributed by atoms with van der Waals surface area (Å²) in [4.78, 5) is 19.3. The van der Waals surface area contributed by atoms with Crippen molar-refractivity contribution in [2.45, 2.75) is 50.9 Å². The molecule has 1 aromatic heterocycles. The Hall–Kier alpha value is -1.75. The molecule has 1 aromatic carbocycles. The van der Waals surface area contributed by atoms with Crippen molar-refractivity contribution in [3.05, 3.63) is 41.7 Å². The first-order valence-electron chi connectivity index (χ1n) is 9.02. The van der Waals surface area contributed by atoms with Crippen LogP contribution in [0.15, 0.2) is 35.7 Å². The summed E-state index contributed by atoms with van der Waals surface area (Å²) in [6.07, 6.45) is 6.01. The second kappa shape index (κ2) is 7.65. The van der Waals surface area contributed by atoms with Crippen LogP contribution in [0.5, 0.6) is 0 Å². The molecule has 25 heavy (non-hydrogen) atoms. The number of hydrogen-bond acceptors (Lipinski definition) is 3. The van der Waals surface area contributed by atoms with Gasteiger partial charge in [-0.2, -0.15) is 0 Å². The molecule has 0 bridgehead atoms. The molecule has 0 saturated carbocycles. The number of rotatable bonds is 4. The van der Waals surface area contributed by atoms with Crippen LogP contribution in [-0.2, 0) is 4.79 Å². The minimum atomic E-state index is -0.125. The molecule has 5 heteroatoms. The van der Waals surface area contributed by atoms with Crippen molar-refractivity contribution in [1.29, 1.82) is 0 Å². The molecule has 134 valence electrons. The number of carbonyl (C=O) groups excluding carboxylic acids is 1. The second-order valence-corrected chi connectivity index (χ2v) is 8.45. The summed E-state index contributed by atoms with van der Waals surface area (Å²) in [7, 11) is 0. The Morgan fingerprint density at radius 2 is 2.00 bits per heavy atom. The molecule has 1 saturated heterocycles. The highest BCUT2D eigenvalue weighted by Crippen LogP contribution is 2.28. The fourth-order valence-corrected chi connectivity index (χ4v) is 4.19. The molecule has 1 atom stereocenters. The smallest absolute Gasteiger partial charge is 0.235 e. The number of amides is 1. The minimum Gasteiger partial charge on any atom is -0.342 e. The third-order valence-corrected chi connectivity index (χ3v) is 6.02. The number of likely N-dealkylation sites (tertiary alicyclic amines) is 1. The van der Waals surface area contributed by atoms with E-state index in [9.17, 15) is 4.79 Å². The van der Waals surface area contributed by atoms with Gasteiger partial charge in [0, 0.05) is 25.5 Å². The number of thioether (sulfide) groups is 1. The van der Waals surface area contributed by atoms with Gasteiger partial charge in [0.05, 0.1) is 10.9 Å². The molecular formula is C20H27N3OS. The van der Waals surface area contributed by atoms with E-state index in [2.05, 4.69) is 48.5 Å². The normalized spacial score (nSPS) is 16.9. The molecular weight excluding hydrogens is 330 g/mol. The molecule has 1 fully saturated rings. The number of piperidine rings is 1. The quantitative estimate of drug-likeness (QED) is 0.769. The lowest BCUT2D eigenvalue weighted by molar-refractivity contribution is -0.131. The average molecular weight is 358 g/mol. The fourth-order valence-electron chi connectivity index (χ4n) is 3.23. The van der Waals surface area contributed by atoms with Crippen molar-refractivity contribution in [1.82, 2.24) is 14.5 Å². The van der Waals surface area contributed by atoms with E-state index in [1.807, 2.05) is 24.2 Å². The van der Waals surface area contributed by atoms with Crippen molar-refractivity contribution < 1.29 is 4.79 Å². The summed E-state index contributed by atoms with van der Waals surface area (Å²) in [6.45, 7) is 10.2. The Kier molecular flexibility index (Phi) is 5.52. The van der Waals surface area contributed by atoms with Gasteiger partial charge in [-0.3, -0.25) is 9.36 Å². The van der Waals surface area contributed by atoms with Gasteiger partial charge in [-0.05, 0) is 56.7 Å². The van der Waals surface area contributed by atoms with E-state index in [1.165, 1.54) is 11.1 Å². The number of hydrogen-bond donors (Lipinski definition) is 0. The standard InChI is InChI=1S/C20H27N3OS/c1-14-7-10-22(11-8-14)19(24)17(4)25-20-21-9-12-23(20)18-13-15(2)5-6-16(18)3/h5-6,9,12-14,17H,7-8,10-11H2,1-4H3. The Labute approximate surface area is 154 Å². The first-order valence-corrected chi connectivity index (χ1v) is 9.90. The van der Waals surface area contributed by atoms with Gasteiger partial charge in [0.25, 0.3) is 0 Å². The third kappa shape index (κ3) is 4.09. The lowest BCUT2D eigenvalue weighted by atomic mass is 9.99. The highest BCUT2D eigenvalue weighted by Gasteiger charge is 2.26. The summed E-state index contributed by atoms with van der Waals surface area (Å²) < 4.78 is 2.09. The molecule has 1 unspecified atom stereocenters. The van der Waals surface area contributed by atoms with Gasteiger partial charge in [-0.1, -0.05) is 30.8 Å². The summed E-state index contributed by atoms with van der Waals surface area (Å²) in [5.41, 5.74) is 3.55. The van der Waals surface area contributed by atoms with Gasteiger partial charge in [0.1, 0.15) is 0 Å². The van der Waals surface area contributed by atoms with E-state index in [4.69, 9.17) is 0 Å². The number of carbonyl (C=O) groups is 1. The van der Waals surface area contributed by atoms with Crippen LogP contribution in [0.25, 0.3) is 5.69 Å². The first-order chi connectivity index (χ1) is 12.0. The maximum Gasteiger partial charge on any atom is 0.235 e. The Morgan fingerprint density at radius 1 is 1.28 bits per heavy atom. The molecule has 0 N–H and O–H groups in total. The molecule has 0 spiro atoms. The summed E-state index contributed by atoms with van der Waals surface area (Å²) in [6, 6.07) is 6.41. The Balaban J connectivity index is 1.74. The second-order valence-electron chi connectivity index (χ2n) is 7.14. The lowest BCUT2D eigenvalue weighted by Crippen LogP contribution is -2.41.